The molecule has 6 nitrogen and oxygen atoms in total. The first-order valence-corrected chi connectivity index (χ1v) is 7.86. The van der Waals surface area contributed by atoms with Crippen LogP contribution in [0.15, 0.2) is 16.8 Å². The average Bonchev–Trinajstić information content (AvgIpc) is 3.27. The number of ether oxygens (including phenoxy) is 1. The Balaban J connectivity index is 1.61. The Morgan fingerprint density at radius 2 is 2.00 bits per heavy atom. The van der Waals surface area contributed by atoms with E-state index in [1.165, 1.54) is 17.2 Å². The van der Waals surface area contributed by atoms with Gasteiger partial charge in [0.1, 0.15) is 11.4 Å². The number of pyridine rings is 1. The van der Waals surface area contributed by atoms with Crippen LogP contribution >= 0.6 is 0 Å². The molecule has 0 radical (unpaired) electrons. The molecule has 11 heteroatoms. The summed E-state index contributed by atoms with van der Waals surface area (Å²) >= 11 is 0. The van der Waals surface area contributed by atoms with E-state index in [1.54, 1.807) is 0 Å². The van der Waals surface area contributed by atoms with Gasteiger partial charge in [0.25, 0.3) is 11.8 Å². The number of aromatic nitrogens is 3. The SMILES string of the molecule is FC(F)(F)COc1cc(-c2nc(C3CC3)no2)ncc1N1CC(F)(F)C1. The Labute approximate surface area is 144 Å². The highest BCUT2D eigenvalue weighted by Gasteiger charge is 2.45. The van der Waals surface area contributed by atoms with Gasteiger partial charge in [-0.1, -0.05) is 5.16 Å². The molecule has 0 bridgehead atoms. The van der Waals surface area contributed by atoms with Crippen molar-refractivity contribution >= 4 is 5.69 Å². The van der Waals surface area contributed by atoms with E-state index >= 15 is 0 Å². The quantitative estimate of drug-likeness (QED) is 0.746. The van der Waals surface area contributed by atoms with Crippen LogP contribution in [0.5, 0.6) is 5.75 Å². The van der Waals surface area contributed by atoms with Gasteiger partial charge < -0.3 is 14.2 Å². The van der Waals surface area contributed by atoms with Gasteiger partial charge in [0.2, 0.25) is 0 Å². The average molecular weight is 376 g/mol. The first-order chi connectivity index (χ1) is 12.2. The van der Waals surface area contributed by atoms with E-state index in [0.29, 0.717) is 5.82 Å². The van der Waals surface area contributed by atoms with E-state index in [0.717, 1.165) is 12.8 Å². The molecule has 0 aromatic carbocycles. The first kappa shape index (κ1) is 17.0. The van der Waals surface area contributed by atoms with Gasteiger partial charge in [0.05, 0.1) is 25.0 Å². The number of alkyl halides is 5. The van der Waals surface area contributed by atoms with Gasteiger partial charge in [0.15, 0.2) is 12.4 Å². The van der Waals surface area contributed by atoms with E-state index in [2.05, 4.69) is 15.1 Å². The fraction of sp³-hybridized carbons (Fsp3) is 0.533. The van der Waals surface area contributed by atoms with Gasteiger partial charge in [-0.25, -0.2) is 13.8 Å². The van der Waals surface area contributed by atoms with Crippen LogP contribution in [0.25, 0.3) is 11.6 Å². The number of hydrogen-bond donors (Lipinski definition) is 0. The van der Waals surface area contributed by atoms with E-state index in [9.17, 15) is 22.0 Å². The Kier molecular flexibility index (Phi) is 3.77. The molecule has 0 N–H and O–H groups in total. The number of rotatable bonds is 5. The smallest absolute Gasteiger partial charge is 0.422 e. The molecule has 1 aliphatic carbocycles. The van der Waals surface area contributed by atoms with Gasteiger partial charge >= 0.3 is 6.18 Å². The molecule has 1 saturated heterocycles. The molecule has 1 aliphatic heterocycles. The van der Waals surface area contributed by atoms with Crippen molar-refractivity contribution in [3.63, 3.8) is 0 Å². The highest BCUT2D eigenvalue weighted by atomic mass is 19.4. The second-order valence-corrected chi connectivity index (χ2v) is 6.39. The van der Waals surface area contributed by atoms with Crippen molar-refractivity contribution in [1.29, 1.82) is 0 Å². The van der Waals surface area contributed by atoms with Crippen molar-refractivity contribution < 1.29 is 31.2 Å². The summed E-state index contributed by atoms with van der Waals surface area (Å²) in [7, 11) is 0. The summed E-state index contributed by atoms with van der Waals surface area (Å²) in [6, 6.07) is 1.20. The largest absolute Gasteiger partial charge is 0.482 e. The van der Waals surface area contributed by atoms with Gasteiger partial charge in [-0.2, -0.15) is 18.2 Å². The zero-order valence-electron chi connectivity index (χ0n) is 13.3. The third-order valence-corrected chi connectivity index (χ3v) is 4.03. The lowest BCUT2D eigenvalue weighted by Gasteiger charge is -2.40. The van der Waals surface area contributed by atoms with Crippen LogP contribution in [0.4, 0.5) is 27.6 Å². The molecule has 3 heterocycles. The second kappa shape index (κ2) is 5.78. The number of halogens is 5. The molecule has 0 atom stereocenters. The molecule has 0 amide bonds. The van der Waals surface area contributed by atoms with Crippen LogP contribution in [0.1, 0.15) is 24.6 Å². The van der Waals surface area contributed by atoms with E-state index in [1.807, 2.05) is 0 Å². The van der Waals surface area contributed by atoms with Crippen LogP contribution < -0.4 is 9.64 Å². The summed E-state index contributed by atoms with van der Waals surface area (Å²) in [6.45, 7) is -2.77. The summed E-state index contributed by atoms with van der Waals surface area (Å²) in [4.78, 5) is 9.43. The fourth-order valence-corrected chi connectivity index (χ4v) is 2.59. The lowest BCUT2D eigenvalue weighted by molar-refractivity contribution is -0.153. The minimum Gasteiger partial charge on any atom is -0.482 e. The van der Waals surface area contributed by atoms with Crippen molar-refractivity contribution in [2.45, 2.75) is 30.9 Å². The van der Waals surface area contributed by atoms with Crippen LogP contribution in [-0.2, 0) is 0 Å². The summed E-state index contributed by atoms with van der Waals surface area (Å²) < 4.78 is 73.6. The van der Waals surface area contributed by atoms with Gasteiger partial charge in [-0.15, -0.1) is 0 Å². The van der Waals surface area contributed by atoms with Crippen molar-refractivity contribution in [3.8, 4) is 17.3 Å². The fourth-order valence-electron chi connectivity index (χ4n) is 2.59. The van der Waals surface area contributed by atoms with Crippen molar-refractivity contribution in [2.24, 2.45) is 0 Å². The summed E-state index contributed by atoms with van der Waals surface area (Å²) in [5, 5.41) is 3.82. The van der Waals surface area contributed by atoms with Crippen LogP contribution in [0.3, 0.4) is 0 Å². The molecule has 140 valence electrons. The van der Waals surface area contributed by atoms with Crippen molar-refractivity contribution in [2.75, 3.05) is 24.6 Å². The number of hydrogen-bond acceptors (Lipinski definition) is 6. The zero-order chi connectivity index (χ0) is 18.5. The molecule has 2 aromatic heterocycles. The molecule has 2 aromatic rings. The second-order valence-electron chi connectivity index (χ2n) is 6.39. The topological polar surface area (TPSA) is 64.3 Å². The predicted octanol–water partition coefficient (Wildman–Crippen LogP) is 3.41. The standard InChI is InChI=1S/C15H13F5N4O2/c16-14(17)5-24(6-14)10-4-21-9(3-11(10)25-7-15(18,19)20)13-22-12(23-26-13)8-1-2-8/h3-4,8H,1-2,5-7H2. The predicted molar refractivity (Wildman–Crippen MR) is 78.2 cm³/mol. The zero-order valence-corrected chi connectivity index (χ0v) is 13.3. The van der Waals surface area contributed by atoms with Gasteiger partial charge in [0, 0.05) is 12.0 Å². The van der Waals surface area contributed by atoms with E-state index in [4.69, 9.17) is 9.26 Å². The summed E-state index contributed by atoms with van der Waals surface area (Å²) in [5.41, 5.74) is 0.184. The Bertz CT molecular complexity index is 811. The van der Waals surface area contributed by atoms with Crippen molar-refractivity contribution in [3.05, 3.63) is 18.1 Å². The van der Waals surface area contributed by atoms with E-state index < -0.39 is 31.8 Å². The van der Waals surface area contributed by atoms with E-state index in [-0.39, 0.29) is 28.9 Å². The molecular formula is C15H13F5N4O2. The first-order valence-electron chi connectivity index (χ1n) is 7.86. The molecule has 4 rings (SSSR count). The highest BCUT2D eigenvalue weighted by Crippen LogP contribution is 2.41. The molecule has 0 spiro atoms. The maximum Gasteiger partial charge on any atom is 0.422 e. The molecule has 1 saturated carbocycles. The number of anilines is 1. The van der Waals surface area contributed by atoms with Gasteiger partial charge in [-0.05, 0) is 12.8 Å². The lowest BCUT2D eigenvalue weighted by atomic mass is 10.1. The van der Waals surface area contributed by atoms with Crippen LogP contribution in [-0.4, -0.2) is 46.9 Å². The van der Waals surface area contributed by atoms with Crippen LogP contribution in [0, 0.1) is 0 Å². The molecule has 0 unspecified atom stereocenters. The molecular weight excluding hydrogens is 363 g/mol. The maximum atomic E-state index is 13.1. The minimum atomic E-state index is -4.57. The summed E-state index contributed by atoms with van der Waals surface area (Å²) in [6.07, 6.45) is -1.48. The van der Waals surface area contributed by atoms with Gasteiger partial charge in [-0.3, -0.25) is 0 Å². The van der Waals surface area contributed by atoms with Crippen LogP contribution in [0.2, 0.25) is 0 Å². The summed E-state index contributed by atoms with van der Waals surface area (Å²) in [5.74, 6) is -2.30. The normalized spacial score (nSPS) is 19.3. The highest BCUT2D eigenvalue weighted by molar-refractivity contribution is 5.64. The Morgan fingerprint density at radius 1 is 1.27 bits per heavy atom. The van der Waals surface area contributed by atoms with Crippen molar-refractivity contribution in [1.82, 2.24) is 15.1 Å². The number of nitrogens with zero attached hydrogens (tertiary/aromatic N) is 4. The molecule has 2 aliphatic rings. The third-order valence-electron chi connectivity index (χ3n) is 4.03. The maximum absolute atomic E-state index is 13.1. The monoisotopic (exact) mass is 376 g/mol. The Morgan fingerprint density at radius 3 is 2.62 bits per heavy atom. The molecule has 2 fully saturated rings. The molecule has 26 heavy (non-hydrogen) atoms. The minimum absolute atomic E-state index is 0.0456. The third kappa shape index (κ3) is 3.56. The lowest BCUT2D eigenvalue weighted by Crippen LogP contribution is -2.56. The Hall–Kier alpha value is -2.46.